The van der Waals surface area contributed by atoms with Gasteiger partial charge >= 0.3 is 11.8 Å². The fourth-order valence-electron chi connectivity index (χ4n) is 2.91. The molecule has 0 aromatic heterocycles. The van der Waals surface area contributed by atoms with E-state index in [-0.39, 0.29) is 22.9 Å². The summed E-state index contributed by atoms with van der Waals surface area (Å²) in [6.07, 6.45) is 1.31. The van der Waals surface area contributed by atoms with E-state index in [0.717, 1.165) is 0 Å². The SMILES string of the molecule is CCOc1cc(/C=N/NC(=O)C(=O)Nc2cc(Cl)cc(Cl)c2)cc(Br)c1OCc1c(F)cccc1Cl. The molecule has 0 atom stereocenters. The fourth-order valence-corrected chi connectivity index (χ4v) is 4.23. The molecule has 36 heavy (non-hydrogen) atoms. The number of anilines is 1. The highest BCUT2D eigenvalue weighted by Gasteiger charge is 2.16. The van der Waals surface area contributed by atoms with E-state index in [1.54, 1.807) is 25.1 Å². The number of amides is 2. The smallest absolute Gasteiger partial charge is 0.329 e. The van der Waals surface area contributed by atoms with Gasteiger partial charge in [-0.2, -0.15) is 5.10 Å². The van der Waals surface area contributed by atoms with E-state index >= 15 is 0 Å². The Morgan fingerprint density at radius 3 is 2.44 bits per heavy atom. The lowest BCUT2D eigenvalue weighted by atomic mass is 10.2. The van der Waals surface area contributed by atoms with E-state index in [0.29, 0.717) is 38.2 Å². The van der Waals surface area contributed by atoms with Gasteiger partial charge in [0.2, 0.25) is 0 Å². The molecule has 12 heteroatoms. The van der Waals surface area contributed by atoms with Crippen LogP contribution in [0.25, 0.3) is 0 Å². The lowest BCUT2D eigenvalue weighted by Crippen LogP contribution is -2.32. The van der Waals surface area contributed by atoms with Gasteiger partial charge in [0.15, 0.2) is 11.5 Å². The van der Waals surface area contributed by atoms with Crippen molar-refractivity contribution in [1.82, 2.24) is 5.43 Å². The molecule has 0 saturated carbocycles. The van der Waals surface area contributed by atoms with Crippen molar-refractivity contribution in [3.8, 4) is 11.5 Å². The van der Waals surface area contributed by atoms with Gasteiger partial charge in [-0.05, 0) is 70.9 Å². The number of benzene rings is 3. The summed E-state index contributed by atoms with van der Waals surface area (Å²) in [6, 6.07) is 12.0. The number of hydrazone groups is 1. The molecular formula is C24H18BrCl3FN3O4. The van der Waals surface area contributed by atoms with Crippen molar-refractivity contribution in [3.63, 3.8) is 0 Å². The summed E-state index contributed by atoms with van der Waals surface area (Å²) in [7, 11) is 0. The second-order valence-electron chi connectivity index (χ2n) is 7.06. The van der Waals surface area contributed by atoms with Crippen molar-refractivity contribution in [1.29, 1.82) is 0 Å². The Morgan fingerprint density at radius 1 is 1.06 bits per heavy atom. The van der Waals surface area contributed by atoms with Gasteiger partial charge in [-0.15, -0.1) is 0 Å². The van der Waals surface area contributed by atoms with Crippen molar-refractivity contribution >= 4 is 74.4 Å². The van der Waals surface area contributed by atoms with Gasteiger partial charge < -0.3 is 14.8 Å². The predicted octanol–water partition coefficient (Wildman–Crippen LogP) is 6.61. The highest BCUT2D eigenvalue weighted by atomic mass is 79.9. The molecule has 2 N–H and O–H groups in total. The molecule has 0 aliphatic heterocycles. The van der Waals surface area contributed by atoms with Crippen molar-refractivity contribution in [3.05, 3.63) is 85.0 Å². The maximum absolute atomic E-state index is 14.1. The van der Waals surface area contributed by atoms with Gasteiger partial charge in [0.05, 0.1) is 22.3 Å². The second-order valence-corrected chi connectivity index (χ2v) is 9.20. The minimum Gasteiger partial charge on any atom is -0.490 e. The molecule has 7 nitrogen and oxygen atoms in total. The largest absolute Gasteiger partial charge is 0.490 e. The lowest BCUT2D eigenvalue weighted by Gasteiger charge is -2.15. The average molecular weight is 618 g/mol. The first-order valence-electron chi connectivity index (χ1n) is 10.3. The van der Waals surface area contributed by atoms with E-state index in [1.165, 1.54) is 36.5 Å². The van der Waals surface area contributed by atoms with Crippen LogP contribution in [0.15, 0.2) is 58.1 Å². The molecule has 0 heterocycles. The van der Waals surface area contributed by atoms with Crippen LogP contribution in [0.2, 0.25) is 15.1 Å². The van der Waals surface area contributed by atoms with Crippen LogP contribution in [-0.2, 0) is 16.2 Å². The minimum atomic E-state index is -1.01. The third-order valence-electron chi connectivity index (χ3n) is 4.46. The highest BCUT2D eigenvalue weighted by Crippen LogP contribution is 2.37. The zero-order valence-electron chi connectivity index (χ0n) is 18.6. The zero-order chi connectivity index (χ0) is 26.2. The molecule has 0 fully saturated rings. The number of ether oxygens (including phenoxy) is 2. The van der Waals surface area contributed by atoms with Crippen LogP contribution >= 0.6 is 50.7 Å². The standard InChI is InChI=1S/C24H18BrCl3FN3O4/c1-2-35-21-7-13(6-18(25)22(21)36-12-17-19(28)4-3-5-20(17)29)11-30-32-24(34)23(33)31-16-9-14(26)8-15(27)10-16/h3-11H,2,12H2,1H3,(H,31,33)(H,32,34)/b30-11+. The molecule has 0 aliphatic carbocycles. The van der Waals surface area contributed by atoms with Crippen LogP contribution < -0.4 is 20.2 Å². The first-order chi connectivity index (χ1) is 17.2. The number of hydrogen-bond donors (Lipinski definition) is 2. The Balaban J connectivity index is 1.68. The Bertz CT molecular complexity index is 1280. The minimum absolute atomic E-state index is 0.124. The van der Waals surface area contributed by atoms with Crippen LogP contribution in [0.3, 0.4) is 0 Å². The van der Waals surface area contributed by atoms with Crippen molar-refractivity contribution in [2.45, 2.75) is 13.5 Å². The molecule has 3 aromatic rings. The topological polar surface area (TPSA) is 89.0 Å². The van der Waals surface area contributed by atoms with Crippen LogP contribution in [0.5, 0.6) is 11.5 Å². The molecule has 0 unspecified atom stereocenters. The second kappa shape index (κ2) is 12.9. The first kappa shape index (κ1) is 27.7. The van der Waals surface area contributed by atoms with E-state index in [1.807, 2.05) is 0 Å². The maximum atomic E-state index is 14.1. The zero-order valence-corrected chi connectivity index (χ0v) is 22.4. The van der Waals surface area contributed by atoms with Gasteiger partial charge in [0.25, 0.3) is 0 Å². The van der Waals surface area contributed by atoms with Gasteiger partial charge in [-0.25, -0.2) is 9.82 Å². The maximum Gasteiger partial charge on any atom is 0.329 e. The predicted molar refractivity (Wildman–Crippen MR) is 142 cm³/mol. The molecular weight excluding hydrogens is 600 g/mol. The van der Waals surface area contributed by atoms with Crippen LogP contribution in [0.4, 0.5) is 10.1 Å². The lowest BCUT2D eigenvalue weighted by molar-refractivity contribution is -0.136. The third-order valence-corrected chi connectivity index (χ3v) is 5.84. The first-order valence-corrected chi connectivity index (χ1v) is 12.2. The summed E-state index contributed by atoms with van der Waals surface area (Å²) in [5.74, 6) is -1.77. The number of rotatable bonds is 8. The Kier molecular flexibility index (Phi) is 9.95. The monoisotopic (exact) mass is 615 g/mol. The van der Waals surface area contributed by atoms with Crippen molar-refractivity contribution < 1.29 is 23.5 Å². The molecule has 188 valence electrons. The van der Waals surface area contributed by atoms with Crippen molar-refractivity contribution in [2.24, 2.45) is 5.10 Å². The number of halogens is 5. The number of nitrogens with one attached hydrogen (secondary N) is 2. The van der Waals surface area contributed by atoms with Gasteiger partial charge in [-0.1, -0.05) is 40.9 Å². The summed E-state index contributed by atoms with van der Waals surface area (Å²) in [4.78, 5) is 24.2. The van der Waals surface area contributed by atoms with Crippen LogP contribution in [0, 0.1) is 5.82 Å². The van der Waals surface area contributed by atoms with Gasteiger partial charge in [0, 0.05) is 21.3 Å². The number of hydrogen-bond acceptors (Lipinski definition) is 5. The molecule has 3 rings (SSSR count). The highest BCUT2D eigenvalue weighted by molar-refractivity contribution is 9.10. The molecule has 0 aliphatic rings. The Hall–Kier alpha value is -2.85. The van der Waals surface area contributed by atoms with Gasteiger partial charge in [0.1, 0.15) is 12.4 Å². The van der Waals surface area contributed by atoms with E-state index in [9.17, 15) is 14.0 Å². The third kappa shape index (κ3) is 7.57. The molecule has 0 spiro atoms. The molecule has 2 amide bonds. The fraction of sp³-hybridized carbons (Fsp3) is 0.125. The summed E-state index contributed by atoms with van der Waals surface area (Å²) >= 11 is 21.2. The summed E-state index contributed by atoms with van der Waals surface area (Å²) in [5.41, 5.74) is 3.12. The molecule has 0 radical (unpaired) electrons. The molecule has 3 aromatic carbocycles. The van der Waals surface area contributed by atoms with Gasteiger partial charge in [-0.3, -0.25) is 9.59 Å². The quantitative estimate of drug-likeness (QED) is 0.169. The molecule has 0 bridgehead atoms. The Morgan fingerprint density at radius 2 is 1.78 bits per heavy atom. The summed E-state index contributed by atoms with van der Waals surface area (Å²) in [5, 5.41) is 7.03. The normalized spacial score (nSPS) is 10.8. The van der Waals surface area contributed by atoms with Crippen molar-refractivity contribution in [2.75, 3.05) is 11.9 Å². The average Bonchev–Trinajstić information content (AvgIpc) is 2.79. The van der Waals surface area contributed by atoms with E-state index in [2.05, 4.69) is 31.8 Å². The number of carbonyl (C=O) groups is 2. The van der Waals surface area contributed by atoms with E-state index < -0.39 is 17.6 Å². The summed E-state index contributed by atoms with van der Waals surface area (Å²) < 4.78 is 26.0. The number of carbonyl (C=O) groups excluding carboxylic acids is 2. The van der Waals surface area contributed by atoms with Crippen LogP contribution in [0.1, 0.15) is 18.1 Å². The Labute approximate surface area is 229 Å². The molecule has 0 saturated heterocycles. The summed E-state index contributed by atoms with van der Waals surface area (Å²) in [6.45, 7) is 1.99. The van der Waals surface area contributed by atoms with Crippen LogP contribution in [-0.4, -0.2) is 24.6 Å². The number of nitrogens with zero attached hydrogens (tertiary/aromatic N) is 1. The van der Waals surface area contributed by atoms with E-state index in [4.69, 9.17) is 44.3 Å².